The van der Waals surface area contributed by atoms with Crippen molar-refractivity contribution in [2.75, 3.05) is 0 Å². The standard InChI is InChI=1S/C17H14BrNO2/c18-15-8-4-6-13-12(5-3-7-14(13)15)11-16(17(20)21)19-9-1-2-10-19/h1-10,16H,11H2,(H,20,21). The minimum absolute atomic E-state index is 0.456. The van der Waals surface area contributed by atoms with Crippen LogP contribution >= 0.6 is 15.9 Å². The van der Waals surface area contributed by atoms with Crippen LogP contribution in [0.25, 0.3) is 10.8 Å². The molecule has 1 atom stereocenters. The van der Waals surface area contributed by atoms with Crippen LogP contribution in [0.1, 0.15) is 11.6 Å². The normalized spacial score (nSPS) is 12.4. The topological polar surface area (TPSA) is 42.2 Å². The van der Waals surface area contributed by atoms with Crippen molar-refractivity contribution in [3.63, 3.8) is 0 Å². The first-order valence-electron chi connectivity index (χ1n) is 6.68. The molecule has 1 N–H and O–H groups in total. The summed E-state index contributed by atoms with van der Waals surface area (Å²) < 4.78 is 2.76. The SMILES string of the molecule is O=C(O)C(Cc1cccc2c(Br)cccc12)n1cccc1. The zero-order chi connectivity index (χ0) is 14.8. The molecular formula is C17H14BrNO2. The monoisotopic (exact) mass is 343 g/mol. The fourth-order valence-electron chi connectivity index (χ4n) is 2.60. The quantitative estimate of drug-likeness (QED) is 0.768. The van der Waals surface area contributed by atoms with Crippen LogP contribution in [-0.2, 0) is 11.2 Å². The maximum atomic E-state index is 11.6. The van der Waals surface area contributed by atoms with Gasteiger partial charge in [0, 0.05) is 23.3 Å². The van der Waals surface area contributed by atoms with Crippen LogP contribution in [0.2, 0.25) is 0 Å². The van der Waals surface area contributed by atoms with Gasteiger partial charge in [0.25, 0.3) is 0 Å². The van der Waals surface area contributed by atoms with Crippen molar-refractivity contribution in [3.05, 3.63) is 71.0 Å². The number of nitrogens with zero attached hydrogens (tertiary/aromatic N) is 1. The minimum atomic E-state index is -0.821. The van der Waals surface area contributed by atoms with E-state index in [2.05, 4.69) is 15.9 Å². The van der Waals surface area contributed by atoms with Crippen molar-refractivity contribution < 1.29 is 9.90 Å². The third kappa shape index (κ3) is 2.72. The first-order valence-corrected chi connectivity index (χ1v) is 7.47. The summed E-state index contributed by atoms with van der Waals surface area (Å²) in [4.78, 5) is 11.6. The molecule has 21 heavy (non-hydrogen) atoms. The molecule has 3 aromatic rings. The molecule has 2 aromatic carbocycles. The number of halogens is 1. The molecule has 0 aliphatic carbocycles. The Morgan fingerprint density at radius 3 is 2.43 bits per heavy atom. The van der Waals surface area contributed by atoms with E-state index in [9.17, 15) is 9.90 Å². The Bertz CT molecular complexity index is 781. The third-order valence-electron chi connectivity index (χ3n) is 3.64. The first kappa shape index (κ1) is 13.9. The van der Waals surface area contributed by atoms with Crippen LogP contribution in [-0.4, -0.2) is 15.6 Å². The number of benzene rings is 2. The number of hydrogen-bond donors (Lipinski definition) is 1. The highest BCUT2D eigenvalue weighted by molar-refractivity contribution is 9.10. The maximum absolute atomic E-state index is 11.6. The Labute approximate surface area is 131 Å². The molecule has 3 rings (SSSR count). The van der Waals surface area contributed by atoms with Gasteiger partial charge in [0.15, 0.2) is 0 Å². The second-order valence-corrected chi connectivity index (χ2v) is 5.79. The van der Waals surface area contributed by atoms with E-state index in [1.54, 1.807) is 17.0 Å². The zero-order valence-corrected chi connectivity index (χ0v) is 12.8. The Morgan fingerprint density at radius 1 is 1.05 bits per heavy atom. The van der Waals surface area contributed by atoms with Crippen molar-refractivity contribution in [2.24, 2.45) is 0 Å². The molecule has 1 aromatic heterocycles. The van der Waals surface area contributed by atoms with E-state index in [4.69, 9.17) is 0 Å². The summed E-state index contributed by atoms with van der Waals surface area (Å²) >= 11 is 3.54. The molecule has 0 amide bonds. The van der Waals surface area contributed by atoms with Gasteiger partial charge in [-0.05, 0) is 34.5 Å². The van der Waals surface area contributed by atoms with Gasteiger partial charge in [-0.15, -0.1) is 0 Å². The molecular weight excluding hydrogens is 330 g/mol. The van der Waals surface area contributed by atoms with Crippen molar-refractivity contribution >= 4 is 32.7 Å². The van der Waals surface area contributed by atoms with Crippen LogP contribution in [0.15, 0.2) is 65.4 Å². The average molecular weight is 344 g/mol. The fraction of sp³-hybridized carbons (Fsp3) is 0.118. The number of carboxylic acids is 1. The van der Waals surface area contributed by atoms with Gasteiger partial charge in [0.05, 0.1) is 0 Å². The van der Waals surface area contributed by atoms with Crippen LogP contribution in [0, 0.1) is 0 Å². The van der Waals surface area contributed by atoms with E-state index in [1.165, 1.54) is 0 Å². The van der Waals surface area contributed by atoms with Crippen LogP contribution < -0.4 is 0 Å². The molecule has 0 aliphatic heterocycles. The van der Waals surface area contributed by atoms with Gasteiger partial charge in [-0.1, -0.05) is 46.3 Å². The highest BCUT2D eigenvalue weighted by atomic mass is 79.9. The number of hydrogen-bond acceptors (Lipinski definition) is 1. The lowest BCUT2D eigenvalue weighted by molar-refractivity contribution is -0.140. The van der Waals surface area contributed by atoms with Crippen LogP contribution in [0.4, 0.5) is 0 Å². The summed E-state index contributed by atoms with van der Waals surface area (Å²) in [7, 11) is 0. The number of aliphatic carboxylic acids is 1. The molecule has 106 valence electrons. The van der Waals surface area contributed by atoms with E-state index in [-0.39, 0.29) is 0 Å². The molecule has 0 bridgehead atoms. The number of rotatable bonds is 4. The lowest BCUT2D eigenvalue weighted by Gasteiger charge is -2.16. The van der Waals surface area contributed by atoms with Gasteiger partial charge >= 0.3 is 5.97 Å². The second-order valence-electron chi connectivity index (χ2n) is 4.94. The van der Waals surface area contributed by atoms with Gasteiger partial charge in [0.1, 0.15) is 6.04 Å². The Morgan fingerprint density at radius 2 is 1.71 bits per heavy atom. The maximum Gasteiger partial charge on any atom is 0.327 e. The highest BCUT2D eigenvalue weighted by Crippen LogP contribution is 2.28. The van der Waals surface area contributed by atoms with Crippen molar-refractivity contribution in [3.8, 4) is 0 Å². The summed E-state index contributed by atoms with van der Waals surface area (Å²) in [5.41, 5.74) is 1.04. The minimum Gasteiger partial charge on any atom is -0.480 e. The molecule has 0 saturated heterocycles. The largest absolute Gasteiger partial charge is 0.480 e. The van der Waals surface area contributed by atoms with Crippen molar-refractivity contribution in [2.45, 2.75) is 12.5 Å². The Hall–Kier alpha value is -2.07. The van der Waals surface area contributed by atoms with Crippen LogP contribution in [0.5, 0.6) is 0 Å². The predicted molar refractivity (Wildman–Crippen MR) is 86.5 cm³/mol. The van der Waals surface area contributed by atoms with Gasteiger partial charge in [-0.3, -0.25) is 0 Å². The van der Waals surface area contributed by atoms with Crippen molar-refractivity contribution in [1.29, 1.82) is 0 Å². The molecule has 1 unspecified atom stereocenters. The van der Waals surface area contributed by atoms with Gasteiger partial charge < -0.3 is 9.67 Å². The second kappa shape index (κ2) is 5.74. The lowest BCUT2D eigenvalue weighted by Crippen LogP contribution is -2.20. The molecule has 0 aliphatic rings. The number of aromatic nitrogens is 1. The van der Waals surface area contributed by atoms with E-state index >= 15 is 0 Å². The summed E-state index contributed by atoms with van der Waals surface area (Å²) in [5, 5.41) is 11.7. The smallest absolute Gasteiger partial charge is 0.327 e. The van der Waals surface area contributed by atoms with Crippen LogP contribution in [0.3, 0.4) is 0 Å². The molecule has 0 fully saturated rings. The summed E-state index contributed by atoms with van der Waals surface area (Å²) in [6.07, 6.45) is 4.04. The molecule has 4 heteroatoms. The summed E-state index contributed by atoms with van der Waals surface area (Å²) in [5.74, 6) is -0.821. The molecule has 0 spiro atoms. The van der Waals surface area contributed by atoms with Gasteiger partial charge in [-0.25, -0.2) is 4.79 Å². The average Bonchev–Trinajstić information content (AvgIpc) is 2.99. The van der Waals surface area contributed by atoms with E-state index in [0.717, 1.165) is 20.8 Å². The van der Waals surface area contributed by atoms with Crippen molar-refractivity contribution in [1.82, 2.24) is 4.57 Å². The van der Waals surface area contributed by atoms with E-state index < -0.39 is 12.0 Å². The molecule has 3 nitrogen and oxygen atoms in total. The lowest BCUT2D eigenvalue weighted by atomic mass is 9.98. The predicted octanol–water partition coefficient (Wildman–Crippen LogP) is 4.27. The fourth-order valence-corrected chi connectivity index (χ4v) is 3.10. The molecule has 0 radical (unpaired) electrons. The van der Waals surface area contributed by atoms with E-state index in [0.29, 0.717) is 6.42 Å². The summed E-state index contributed by atoms with van der Waals surface area (Å²) in [6, 6.07) is 15.1. The molecule has 0 saturated carbocycles. The Balaban J connectivity index is 2.05. The van der Waals surface area contributed by atoms with Gasteiger partial charge in [0.2, 0.25) is 0 Å². The summed E-state index contributed by atoms with van der Waals surface area (Å²) in [6.45, 7) is 0. The highest BCUT2D eigenvalue weighted by Gasteiger charge is 2.20. The number of carbonyl (C=O) groups is 1. The zero-order valence-electron chi connectivity index (χ0n) is 11.2. The molecule has 1 heterocycles. The number of carboxylic acid groups (broad SMARTS) is 1. The first-order chi connectivity index (χ1) is 10.2. The van der Waals surface area contributed by atoms with E-state index in [1.807, 2.05) is 48.5 Å². The van der Waals surface area contributed by atoms with Gasteiger partial charge in [-0.2, -0.15) is 0 Å². The third-order valence-corrected chi connectivity index (χ3v) is 4.34. The number of fused-ring (bicyclic) bond motifs is 1. The Kier molecular flexibility index (Phi) is 3.80.